The van der Waals surface area contributed by atoms with Crippen LogP contribution in [0.4, 0.5) is 0 Å². The fourth-order valence-electron chi connectivity index (χ4n) is 1.27. The molecule has 0 radical (unpaired) electrons. The zero-order valence-electron chi connectivity index (χ0n) is 7.77. The Hall–Kier alpha value is -0.170. The minimum atomic E-state index is -3.07. The molecule has 1 fully saturated rings. The fourth-order valence-corrected chi connectivity index (χ4v) is 2.38. The van der Waals surface area contributed by atoms with Crippen molar-refractivity contribution in [3.05, 3.63) is 0 Å². The molecular weight excluding hydrogens is 192 g/mol. The Morgan fingerprint density at radius 2 is 2.31 bits per heavy atom. The molecule has 0 amide bonds. The van der Waals surface area contributed by atoms with Gasteiger partial charge >= 0.3 is 0 Å². The van der Waals surface area contributed by atoms with Crippen LogP contribution in [-0.2, 0) is 14.8 Å². The van der Waals surface area contributed by atoms with Crippen molar-refractivity contribution in [2.45, 2.75) is 13.0 Å². The largest absolute Gasteiger partial charge is 0.374 e. The standard InChI is InChI=1S/C7H16N2O3S/c1-2-13(10,11)9-3-4-12-7(5-8)6-9/h7H,2-6,8H2,1H3/t7-/m1/s1. The Balaban J connectivity index is 2.61. The molecule has 0 bridgehead atoms. The van der Waals surface area contributed by atoms with E-state index in [4.69, 9.17) is 10.5 Å². The molecule has 6 heteroatoms. The summed E-state index contributed by atoms with van der Waals surface area (Å²) in [4.78, 5) is 0. The summed E-state index contributed by atoms with van der Waals surface area (Å²) in [6, 6.07) is 0. The molecule has 0 aliphatic carbocycles. The lowest BCUT2D eigenvalue weighted by molar-refractivity contribution is 0.00456. The highest BCUT2D eigenvalue weighted by molar-refractivity contribution is 7.89. The molecule has 0 spiro atoms. The van der Waals surface area contributed by atoms with E-state index in [1.54, 1.807) is 6.92 Å². The zero-order chi connectivity index (χ0) is 9.90. The summed E-state index contributed by atoms with van der Waals surface area (Å²) in [5.41, 5.74) is 5.40. The molecule has 13 heavy (non-hydrogen) atoms. The molecule has 1 aliphatic rings. The van der Waals surface area contributed by atoms with Crippen molar-refractivity contribution in [1.29, 1.82) is 0 Å². The van der Waals surface area contributed by atoms with Gasteiger partial charge in [-0.3, -0.25) is 0 Å². The van der Waals surface area contributed by atoms with E-state index < -0.39 is 10.0 Å². The summed E-state index contributed by atoms with van der Waals surface area (Å²) in [7, 11) is -3.07. The highest BCUT2D eigenvalue weighted by atomic mass is 32.2. The average molecular weight is 208 g/mol. The minimum Gasteiger partial charge on any atom is -0.374 e. The third-order valence-corrected chi connectivity index (χ3v) is 3.97. The lowest BCUT2D eigenvalue weighted by Crippen LogP contribution is -2.48. The molecule has 5 nitrogen and oxygen atoms in total. The van der Waals surface area contributed by atoms with Crippen LogP contribution in [0, 0.1) is 0 Å². The van der Waals surface area contributed by atoms with Crippen LogP contribution in [0.15, 0.2) is 0 Å². The average Bonchev–Trinajstić information content (AvgIpc) is 2.18. The van der Waals surface area contributed by atoms with Crippen molar-refractivity contribution in [2.75, 3.05) is 32.0 Å². The molecule has 1 saturated heterocycles. The van der Waals surface area contributed by atoms with Gasteiger partial charge in [0.1, 0.15) is 0 Å². The van der Waals surface area contributed by atoms with Gasteiger partial charge < -0.3 is 10.5 Å². The number of nitrogens with two attached hydrogens (primary N) is 1. The first-order valence-electron chi connectivity index (χ1n) is 4.39. The SMILES string of the molecule is CCS(=O)(=O)N1CCO[C@H](CN)C1. The van der Waals surface area contributed by atoms with Crippen molar-refractivity contribution in [3.8, 4) is 0 Å². The van der Waals surface area contributed by atoms with Crippen molar-refractivity contribution >= 4 is 10.0 Å². The van der Waals surface area contributed by atoms with E-state index in [0.717, 1.165) is 0 Å². The second-order valence-corrected chi connectivity index (χ2v) is 5.24. The van der Waals surface area contributed by atoms with Crippen LogP contribution < -0.4 is 5.73 Å². The topological polar surface area (TPSA) is 72.6 Å². The molecule has 78 valence electrons. The van der Waals surface area contributed by atoms with E-state index in [-0.39, 0.29) is 11.9 Å². The van der Waals surface area contributed by atoms with Crippen molar-refractivity contribution in [2.24, 2.45) is 5.73 Å². The van der Waals surface area contributed by atoms with Gasteiger partial charge in [0, 0.05) is 19.6 Å². The maximum Gasteiger partial charge on any atom is 0.213 e. The highest BCUT2D eigenvalue weighted by Gasteiger charge is 2.27. The summed E-state index contributed by atoms with van der Waals surface area (Å²) >= 11 is 0. The van der Waals surface area contributed by atoms with E-state index in [9.17, 15) is 8.42 Å². The number of ether oxygens (including phenoxy) is 1. The summed E-state index contributed by atoms with van der Waals surface area (Å²) in [5.74, 6) is 0.143. The van der Waals surface area contributed by atoms with Gasteiger partial charge in [0.2, 0.25) is 10.0 Å². The van der Waals surface area contributed by atoms with Gasteiger partial charge in [0.05, 0.1) is 18.5 Å². The monoisotopic (exact) mass is 208 g/mol. The van der Waals surface area contributed by atoms with Gasteiger partial charge in [-0.1, -0.05) is 0 Å². The molecule has 0 aromatic carbocycles. The van der Waals surface area contributed by atoms with Gasteiger partial charge in [0.25, 0.3) is 0 Å². The predicted octanol–water partition coefficient (Wildman–Crippen LogP) is -1.00. The third-order valence-electron chi connectivity index (χ3n) is 2.12. The number of nitrogens with zero attached hydrogens (tertiary/aromatic N) is 1. The van der Waals surface area contributed by atoms with Crippen molar-refractivity contribution in [3.63, 3.8) is 0 Å². The van der Waals surface area contributed by atoms with Crippen LogP contribution in [0.25, 0.3) is 0 Å². The molecule has 0 aromatic rings. The normalized spacial score (nSPS) is 26.2. The summed E-state index contributed by atoms with van der Waals surface area (Å²) < 4.78 is 29.6. The summed E-state index contributed by atoms with van der Waals surface area (Å²) in [6.45, 7) is 3.30. The van der Waals surface area contributed by atoms with Gasteiger partial charge in [0.15, 0.2) is 0 Å². The van der Waals surface area contributed by atoms with Crippen molar-refractivity contribution in [1.82, 2.24) is 4.31 Å². The van der Waals surface area contributed by atoms with Gasteiger partial charge in [-0.2, -0.15) is 4.31 Å². The number of sulfonamides is 1. The molecule has 1 rings (SSSR count). The Labute approximate surface area is 78.9 Å². The van der Waals surface area contributed by atoms with E-state index in [1.165, 1.54) is 4.31 Å². The molecular formula is C7H16N2O3S. The van der Waals surface area contributed by atoms with Gasteiger partial charge in [-0.05, 0) is 6.92 Å². The Morgan fingerprint density at radius 1 is 1.62 bits per heavy atom. The molecule has 0 aromatic heterocycles. The van der Waals surface area contributed by atoms with E-state index in [2.05, 4.69) is 0 Å². The minimum absolute atomic E-state index is 0.143. The zero-order valence-corrected chi connectivity index (χ0v) is 8.59. The first-order valence-corrected chi connectivity index (χ1v) is 6.00. The van der Waals surface area contributed by atoms with Gasteiger partial charge in [-0.15, -0.1) is 0 Å². The molecule has 1 aliphatic heterocycles. The Morgan fingerprint density at radius 3 is 2.85 bits per heavy atom. The maximum atomic E-state index is 11.4. The second kappa shape index (κ2) is 4.36. The maximum absolute atomic E-state index is 11.4. The second-order valence-electron chi connectivity index (χ2n) is 2.99. The molecule has 1 heterocycles. The van der Waals surface area contributed by atoms with Crippen molar-refractivity contribution < 1.29 is 13.2 Å². The quantitative estimate of drug-likeness (QED) is 0.645. The van der Waals surface area contributed by atoms with Crippen LogP contribution >= 0.6 is 0 Å². The molecule has 2 N–H and O–H groups in total. The third kappa shape index (κ3) is 2.63. The van der Waals surface area contributed by atoms with Crippen LogP contribution in [0.2, 0.25) is 0 Å². The Bertz CT molecular complexity index is 252. The highest BCUT2D eigenvalue weighted by Crippen LogP contribution is 2.09. The van der Waals surface area contributed by atoms with Gasteiger partial charge in [-0.25, -0.2) is 8.42 Å². The van der Waals surface area contributed by atoms with E-state index >= 15 is 0 Å². The molecule has 0 unspecified atom stereocenters. The molecule has 0 saturated carbocycles. The predicted molar refractivity (Wildman–Crippen MR) is 49.8 cm³/mol. The smallest absolute Gasteiger partial charge is 0.213 e. The lowest BCUT2D eigenvalue weighted by Gasteiger charge is -2.31. The lowest BCUT2D eigenvalue weighted by atomic mass is 10.3. The van der Waals surface area contributed by atoms with Crippen LogP contribution in [0.5, 0.6) is 0 Å². The van der Waals surface area contributed by atoms with E-state index in [1.807, 2.05) is 0 Å². The van der Waals surface area contributed by atoms with E-state index in [0.29, 0.717) is 26.2 Å². The summed E-state index contributed by atoms with van der Waals surface area (Å²) in [6.07, 6.45) is -0.143. The number of hydrogen-bond acceptors (Lipinski definition) is 4. The van der Waals surface area contributed by atoms with Crippen LogP contribution in [0.3, 0.4) is 0 Å². The number of morpholine rings is 1. The summed E-state index contributed by atoms with van der Waals surface area (Å²) in [5, 5.41) is 0. The fraction of sp³-hybridized carbons (Fsp3) is 1.00. The number of rotatable bonds is 3. The van der Waals surface area contributed by atoms with Crippen LogP contribution in [0.1, 0.15) is 6.92 Å². The molecule has 1 atom stereocenters. The number of hydrogen-bond donors (Lipinski definition) is 1. The first kappa shape index (κ1) is 10.9. The first-order chi connectivity index (χ1) is 6.10. The van der Waals surface area contributed by atoms with Crippen LogP contribution in [-0.4, -0.2) is 50.8 Å². The Kier molecular flexibility index (Phi) is 3.66.